The fourth-order valence-electron chi connectivity index (χ4n) is 3.41. The first-order valence-corrected chi connectivity index (χ1v) is 13.0. The van der Waals surface area contributed by atoms with Gasteiger partial charge in [-0.2, -0.15) is 0 Å². The number of benzene rings is 2. The molecule has 1 saturated heterocycles. The number of hydrogen-bond donors (Lipinski definition) is 0. The minimum atomic E-state index is -2.01. The smallest absolute Gasteiger partial charge is 0.399 e. The Bertz CT molecular complexity index is 850. The van der Waals surface area contributed by atoms with E-state index in [1.807, 2.05) is 6.07 Å². The average molecular weight is 390 g/mol. The minimum Gasteiger partial charge on any atom is -0.399 e. The molecule has 0 unspecified atom stereocenters. The Kier molecular flexibility index (Phi) is 5.88. The molecule has 28 heavy (non-hydrogen) atoms. The van der Waals surface area contributed by atoms with Gasteiger partial charge in [0.25, 0.3) is 0 Å². The third kappa shape index (κ3) is 4.26. The molecule has 0 amide bonds. The van der Waals surface area contributed by atoms with Crippen LogP contribution in [0.3, 0.4) is 0 Å². The molecule has 2 aromatic rings. The molecule has 0 aliphatic carbocycles. The maximum atomic E-state index is 6.43. The summed E-state index contributed by atoms with van der Waals surface area (Å²) in [5.74, 6) is 0. The standard InChI is InChI=1S/C24H31BO2Si/c1-23(2)24(3,4)27-25(26-23)22(19-13-16-20-14-9-7-10-15-20)28(5,6)21-17-11-8-12-18-21/h7-15,17-18H,16H2,1-6H3. The molecular weight excluding hydrogens is 359 g/mol. The van der Waals surface area contributed by atoms with Crippen molar-refractivity contribution in [3.8, 4) is 0 Å². The van der Waals surface area contributed by atoms with Crippen molar-refractivity contribution in [3.63, 3.8) is 0 Å². The Balaban J connectivity index is 2.01. The van der Waals surface area contributed by atoms with Gasteiger partial charge in [0, 0.05) is 0 Å². The molecule has 0 aromatic heterocycles. The number of rotatable bonds is 5. The highest BCUT2D eigenvalue weighted by Gasteiger charge is 2.55. The van der Waals surface area contributed by atoms with Gasteiger partial charge in [0.1, 0.15) is 8.07 Å². The van der Waals surface area contributed by atoms with E-state index < -0.39 is 8.07 Å². The van der Waals surface area contributed by atoms with Crippen LogP contribution in [0.25, 0.3) is 0 Å². The maximum absolute atomic E-state index is 6.43. The van der Waals surface area contributed by atoms with Crippen molar-refractivity contribution in [2.75, 3.05) is 0 Å². The fraction of sp³-hybridized carbons (Fsp3) is 0.375. The summed E-state index contributed by atoms with van der Waals surface area (Å²) in [5, 5.41) is 2.52. The van der Waals surface area contributed by atoms with Gasteiger partial charge in [-0.1, -0.05) is 78.9 Å². The van der Waals surface area contributed by atoms with E-state index in [0.29, 0.717) is 0 Å². The van der Waals surface area contributed by atoms with Crippen LogP contribution < -0.4 is 5.19 Å². The third-order valence-corrected chi connectivity index (χ3v) is 9.60. The van der Waals surface area contributed by atoms with Gasteiger partial charge >= 0.3 is 7.12 Å². The summed E-state index contributed by atoms with van der Waals surface area (Å²) in [6.07, 6.45) is 2.98. The van der Waals surface area contributed by atoms with Crippen LogP contribution in [0.4, 0.5) is 0 Å². The van der Waals surface area contributed by atoms with Crippen LogP contribution in [0.1, 0.15) is 33.3 Å². The number of allylic oxidation sites excluding steroid dienone is 1. The minimum absolute atomic E-state index is 0.356. The molecule has 1 aliphatic heterocycles. The molecule has 0 bridgehead atoms. The zero-order valence-corrected chi connectivity index (χ0v) is 19.0. The Morgan fingerprint density at radius 2 is 1.39 bits per heavy atom. The fourth-order valence-corrected chi connectivity index (χ4v) is 5.91. The maximum Gasteiger partial charge on any atom is 0.494 e. The highest BCUT2D eigenvalue weighted by molar-refractivity contribution is 7.04. The molecule has 1 aliphatic rings. The van der Waals surface area contributed by atoms with Gasteiger partial charge in [-0.3, -0.25) is 0 Å². The highest BCUT2D eigenvalue weighted by atomic mass is 28.3. The summed E-state index contributed by atoms with van der Waals surface area (Å²) in [6.45, 7) is 13.1. The molecular formula is C24H31BO2Si. The molecule has 1 heterocycles. The molecule has 4 heteroatoms. The summed E-state index contributed by atoms with van der Waals surface area (Å²) in [6, 6.07) is 21.2. The molecule has 0 atom stereocenters. The second-order valence-corrected chi connectivity index (χ2v) is 13.4. The van der Waals surface area contributed by atoms with Crippen molar-refractivity contribution < 1.29 is 9.31 Å². The summed E-state index contributed by atoms with van der Waals surface area (Å²) < 4.78 is 12.9. The Morgan fingerprint density at radius 3 is 1.93 bits per heavy atom. The Morgan fingerprint density at radius 1 is 0.893 bits per heavy atom. The topological polar surface area (TPSA) is 18.5 Å². The van der Waals surface area contributed by atoms with Gasteiger partial charge in [-0.05, 0) is 50.9 Å². The monoisotopic (exact) mass is 390 g/mol. The lowest BCUT2D eigenvalue weighted by Crippen LogP contribution is -2.49. The van der Waals surface area contributed by atoms with Gasteiger partial charge in [0.2, 0.25) is 0 Å². The van der Waals surface area contributed by atoms with Crippen molar-refractivity contribution in [2.45, 2.75) is 58.4 Å². The van der Waals surface area contributed by atoms with E-state index in [0.717, 1.165) is 11.5 Å². The quantitative estimate of drug-likeness (QED) is 0.523. The van der Waals surface area contributed by atoms with E-state index in [1.165, 1.54) is 10.8 Å². The molecule has 0 spiro atoms. The van der Waals surface area contributed by atoms with E-state index in [-0.39, 0.29) is 18.3 Å². The number of hydrogen-bond acceptors (Lipinski definition) is 2. The Hall–Kier alpha value is -1.84. The zero-order chi connectivity index (χ0) is 20.4. The molecule has 3 rings (SSSR count). The highest BCUT2D eigenvalue weighted by Crippen LogP contribution is 2.39. The van der Waals surface area contributed by atoms with Crippen LogP contribution in [0.2, 0.25) is 13.1 Å². The molecule has 2 nitrogen and oxygen atoms in total. The van der Waals surface area contributed by atoms with Crippen LogP contribution in [0.15, 0.2) is 77.6 Å². The second-order valence-electron chi connectivity index (χ2n) is 9.03. The first kappa shape index (κ1) is 20.9. The molecule has 1 fully saturated rings. The van der Waals surface area contributed by atoms with Crippen LogP contribution in [-0.4, -0.2) is 26.4 Å². The van der Waals surface area contributed by atoms with Gasteiger partial charge in [0.05, 0.1) is 11.2 Å². The van der Waals surface area contributed by atoms with Gasteiger partial charge < -0.3 is 9.31 Å². The molecule has 0 saturated carbocycles. The Labute approximate surface area is 171 Å². The summed E-state index contributed by atoms with van der Waals surface area (Å²) in [7, 11) is -2.37. The van der Waals surface area contributed by atoms with E-state index in [2.05, 4.69) is 107 Å². The van der Waals surface area contributed by atoms with Crippen molar-refractivity contribution in [1.82, 2.24) is 0 Å². The van der Waals surface area contributed by atoms with E-state index in [4.69, 9.17) is 9.31 Å². The lowest BCUT2D eigenvalue weighted by atomic mass is 9.89. The lowest BCUT2D eigenvalue weighted by molar-refractivity contribution is 0.00578. The van der Waals surface area contributed by atoms with E-state index in [1.54, 1.807) is 0 Å². The molecule has 2 aromatic carbocycles. The van der Waals surface area contributed by atoms with Crippen molar-refractivity contribution in [1.29, 1.82) is 0 Å². The second kappa shape index (κ2) is 7.89. The largest absolute Gasteiger partial charge is 0.494 e. The van der Waals surface area contributed by atoms with Crippen molar-refractivity contribution >= 4 is 20.4 Å². The van der Waals surface area contributed by atoms with Crippen LogP contribution >= 0.6 is 0 Å². The van der Waals surface area contributed by atoms with Crippen molar-refractivity contribution in [2.24, 2.45) is 0 Å². The normalized spacial score (nSPS) is 17.9. The zero-order valence-electron chi connectivity index (χ0n) is 18.0. The van der Waals surface area contributed by atoms with Crippen LogP contribution in [0, 0.1) is 0 Å². The van der Waals surface area contributed by atoms with Crippen LogP contribution in [-0.2, 0) is 15.7 Å². The van der Waals surface area contributed by atoms with E-state index >= 15 is 0 Å². The molecule has 146 valence electrons. The van der Waals surface area contributed by atoms with Gasteiger partial charge in [0.15, 0.2) is 0 Å². The summed E-state index contributed by atoms with van der Waals surface area (Å²) in [5.41, 5.74) is 4.20. The first-order valence-electron chi connectivity index (χ1n) is 10.0. The first-order chi connectivity index (χ1) is 13.1. The predicted octanol–water partition coefficient (Wildman–Crippen LogP) is 5.10. The predicted molar refractivity (Wildman–Crippen MR) is 121 cm³/mol. The summed E-state index contributed by atoms with van der Waals surface area (Å²) in [4.78, 5) is 0. The SMILES string of the molecule is CC1(C)OB(C(=C=CCc2ccccc2)[Si](C)(C)c2ccccc2)OC1(C)C. The van der Waals surface area contributed by atoms with Crippen LogP contribution in [0.5, 0.6) is 0 Å². The average Bonchev–Trinajstić information content (AvgIpc) is 2.87. The third-order valence-electron chi connectivity index (χ3n) is 6.10. The molecule has 0 radical (unpaired) electrons. The van der Waals surface area contributed by atoms with Gasteiger partial charge in [-0.25, -0.2) is 0 Å². The molecule has 0 N–H and O–H groups in total. The summed E-state index contributed by atoms with van der Waals surface area (Å²) >= 11 is 0. The van der Waals surface area contributed by atoms with E-state index in [9.17, 15) is 0 Å². The van der Waals surface area contributed by atoms with Crippen molar-refractivity contribution in [3.05, 3.63) is 83.1 Å². The lowest BCUT2D eigenvalue weighted by Gasteiger charge is -2.32. The van der Waals surface area contributed by atoms with Gasteiger partial charge in [-0.15, -0.1) is 5.73 Å².